The van der Waals surface area contributed by atoms with E-state index in [1.165, 1.54) is 0 Å². The van der Waals surface area contributed by atoms with Gasteiger partial charge in [0.05, 0.1) is 5.02 Å². The van der Waals surface area contributed by atoms with Crippen molar-refractivity contribution in [1.29, 1.82) is 0 Å². The standard InChI is InChI=1S/C5HCl2FO2S/c6-2-1(5(9)10)4(8)11-3(2)7/h(H,9,10). The molecule has 60 valence electrons. The summed E-state index contributed by atoms with van der Waals surface area (Å²) in [6.45, 7) is 0. The van der Waals surface area contributed by atoms with Gasteiger partial charge in [0, 0.05) is 0 Å². The number of aromatic carboxylic acids is 1. The van der Waals surface area contributed by atoms with Gasteiger partial charge in [-0.25, -0.2) is 4.79 Å². The maximum Gasteiger partial charge on any atom is 0.341 e. The van der Waals surface area contributed by atoms with Crippen LogP contribution in [0.25, 0.3) is 0 Å². The van der Waals surface area contributed by atoms with Gasteiger partial charge in [-0.15, -0.1) is 0 Å². The maximum absolute atomic E-state index is 12.6. The van der Waals surface area contributed by atoms with Gasteiger partial charge in [-0.05, 0) is 0 Å². The fourth-order valence-corrected chi connectivity index (χ4v) is 1.81. The molecule has 0 unspecified atom stereocenters. The molecule has 0 aliphatic rings. The average molecular weight is 215 g/mol. The molecule has 0 fully saturated rings. The van der Waals surface area contributed by atoms with Gasteiger partial charge in [-0.2, -0.15) is 4.39 Å². The molecule has 0 aromatic carbocycles. The molecule has 1 aromatic heterocycles. The normalized spacial score (nSPS) is 10.1. The highest BCUT2D eigenvalue weighted by molar-refractivity contribution is 7.15. The summed E-state index contributed by atoms with van der Waals surface area (Å²) in [6, 6.07) is 0. The second-order valence-electron chi connectivity index (χ2n) is 1.64. The summed E-state index contributed by atoms with van der Waals surface area (Å²) in [6.07, 6.45) is 0. The Kier molecular flexibility index (Phi) is 2.37. The molecule has 6 heteroatoms. The summed E-state index contributed by atoms with van der Waals surface area (Å²) >= 11 is 11.2. The van der Waals surface area contributed by atoms with E-state index < -0.39 is 16.7 Å². The van der Waals surface area contributed by atoms with E-state index in [2.05, 4.69) is 0 Å². The lowest BCUT2D eigenvalue weighted by atomic mass is 10.3. The van der Waals surface area contributed by atoms with Crippen molar-refractivity contribution in [3.8, 4) is 0 Å². The number of thiophene rings is 1. The van der Waals surface area contributed by atoms with Gasteiger partial charge in [0.2, 0.25) is 0 Å². The van der Waals surface area contributed by atoms with Crippen LogP contribution in [0.4, 0.5) is 4.39 Å². The number of carbonyl (C=O) groups is 1. The minimum atomic E-state index is -1.41. The summed E-state index contributed by atoms with van der Waals surface area (Å²) in [7, 11) is 0. The highest BCUT2D eigenvalue weighted by Crippen LogP contribution is 2.35. The number of carboxylic acids is 1. The van der Waals surface area contributed by atoms with Gasteiger partial charge < -0.3 is 5.11 Å². The zero-order valence-electron chi connectivity index (χ0n) is 4.90. The van der Waals surface area contributed by atoms with Crippen LogP contribution in [-0.4, -0.2) is 11.1 Å². The molecule has 0 radical (unpaired) electrons. The highest BCUT2D eigenvalue weighted by atomic mass is 35.5. The summed E-state index contributed by atoms with van der Waals surface area (Å²) in [5.74, 6) is -1.41. The van der Waals surface area contributed by atoms with Crippen LogP contribution in [0, 0.1) is 5.13 Å². The second-order valence-corrected chi connectivity index (χ2v) is 3.59. The van der Waals surface area contributed by atoms with E-state index in [1.807, 2.05) is 0 Å². The van der Waals surface area contributed by atoms with Gasteiger partial charge >= 0.3 is 5.97 Å². The molecule has 0 aliphatic heterocycles. The van der Waals surface area contributed by atoms with Crippen molar-refractivity contribution >= 4 is 40.5 Å². The zero-order valence-corrected chi connectivity index (χ0v) is 7.23. The monoisotopic (exact) mass is 214 g/mol. The number of hydrogen-bond donors (Lipinski definition) is 1. The van der Waals surface area contributed by atoms with Crippen molar-refractivity contribution in [3.05, 3.63) is 20.1 Å². The van der Waals surface area contributed by atoms with Gasteiger partial charge in [-0.1, -0.05) is 34.5 Å². The van der Waals surface area contributed by atoms with E-state index in [9.17, 15) is 9.18 Å². The molecule has 0 saturated carbocycles. The average Bonchev–Trinajstić information content (AvgIpc) is 2.07. The van der Waals surface area contributed by atoms with E-state index in [0.717, 1.165) is 0 Å². The lowest BCUT2D eigenvalue weighted by Gasteiger charge is -1.87. The van der Waals surface area contributed by atoms with E-state index in [1.54, 1.807) is 0 Å². The number of halogens is 3. The molecular weight excluding hydrogens is 214 g/mol. The fourth-order valence-electron chi connectivity index (χ4n) is 0.537. The Balaban J connectivity index is 3.34. The smallest absolute Gasteiger partial charge is 0.341 e. The van der Waals surface area contributed by atoms with Crippen molar-refractivity contribution in [2.24, 2.45) is 0 Å². The van der Waals surface area contributed by atoms with Crippen LogP contribution >= 0.6 is 34.5 Å². The predicted molar refractivity (Wildman–Crippen MR) is 41.3 cm³/mol. The molecular formula is C5HCl2FO2S. The van der Waals surface area contributed by atoms with Crippen molar-refractivity contribution < 1.29 is 14.3 Å². The van der Waals surface area contributed by atoms with E-state index in [4.69, 9.17) is 28.3 Å². The van der Waals surface area contributed by atoms with Crippen molar-refractivity contribution in [1.82, 2.24) is 0 Å². The van der Waals surface area contributed by atoms with Gasteiger partial charge in [-0.3, -0.25) is 0 Å². The Morgan fingerprint density at radius 1 is 1.55 bits per heavy atom. The Labute approximate surface area is 75.2 Å². The first-order valence-electron chi connectivity index (χ1n) is 2.40. The van der Waals surface area contributed by atoms with Gasteiger partial charge in [0.25, 0.3) is 0 Å². The van der Waals surface area contributed by atoms with Crippen molar-refractivity contribution in [2.45, 2.75) is 0 Å². The molecule has 0 amide bonds. The number of hydrogen-bond acceptors (Lipinski definition) is 2. The Bertz CT molecular complexity index is 310. The first-order chi connectivity index (χ1) is 5.04. The summed E-state index contributed by atoms with van der Waals surface area (Å²) in [5, 5.41) is 7.28. The molecule has 1 N–H and O–H groups in total. The van der Waals surface area contributed by atoms with Crippen molar-refractivity contribution in [2.75, 3.05) is 0 Å². The van der Waals surface area contributed by atoms with Gasteiger partial charge in [0.15, 0.2) is 5.13 Å². The SMILES string of the molecule is O=C(O)c1c(F)sc(Cl)c1Cl. The number of rotatable bonds is 1. The molecule has 1 rings (SSSR count). The quantitative estimate of drug-likeness (QED) is 0.781. The molecule has 11 heavy (non-hydrogen) atoms. The Morgan fingerprint density at radius 3 is 2.27 bits per heavy atom. The lowest BCUT2D eigenvalue weighted by Crippen LogP contribution is -1.96. The molecule has 0 bridgehead atoms. The summed E-state index contributed by atoms with van der Waals surface area (Å²) < 4.78 is 12.6. The van der Waals surface area contributed by atoms with E-state index >= 15 is 0 Å². The highest BCUT2D eigenvalue weighted by Gasteiger charge is 2.21. The molecule has 1 aromatic rings. The third kappa shape index (κ3) is 1.47. The van der Waals surface area contributed by atoms with E-state index in [0.29, 0.717) is 11.3 Å². The van der Waals surface area contributed by atoms with E-state index in [-0.39, 0.29) is 9.36 Å². The third-order valence-electron chi connectivity index (χ3n) is 0.982. The summed E-state index contributed by atoms with van der Waals surface area (Å²) in [4.78, 5) is 10.3. The van der Waals surface area contributed by atoms with Crippen LogP contribution in [0.2, 0.25) is 9.36 Å². The van der Waals surface area contributed by atoms with Crippen LogP contribution in [0.15, 0.2) is 0 Å². The first kappa shape index (κ1) is 8.77. The first-order valence-corrected chi connectivity index (χ1v) is 3.98. The van der Waals surface area contributed by atoms with Crippen LogP contribution in [0.5, 0.6) is 0 Å². The van der Waals surface area contributed by atoms with Crippen LogP contribution in [-0.2, 0) is 0 Å². The Morgan fingerprint density at radius 2 is 2.09 bits per heavy atom. The third-order valence-corrected chi connectivity index (χ3v) is 2.76. The minimum Gasteiger partial charge on any atom is -0.478 e. The molecule has 0 atom stereocenters. The van der Waals surface area contributed by atoms with Crippen LogP contribution in [0.3, 0.4) is 0 Å². The molecule has 2 nitrogen and oxygen atoms in total. The number of carboxylic acid groups (broad SMARTS) is 1. The molecule has 0 aliphatic carbocycles. The maximum atomic E-state index is 12.6. The lowest BCUT2D eigenvalue weighted by molar-refractivity contribution is 0.0693. The molecule has 0 saturated heterocycles. The second kappa shape index (κ2) is 2.97. The minimum absolute atomic E-state index is 0.0402. The zero-order chi connectivity index (χ0) is 8.59. The predicted octanol–water partition coefficient (Wildman–Crippen LogP) is 2.89. The largest absolute Gasteiger partial charge is 0.478 e. The van der Waals surface area contributed by atoms with Crippen molar-refractivity contribution in [3.63, 3.8) is 0 Å². The Hall–Kier alpha value is -0.320. The van der Waals surface area contributed by atoms with Gasteiger partial charge in [0.1, 0.15) is 9.90 Å². The molecule has 0 spiro atoms. The molecule has 1 heterocycles. The topological polar surface area (TPSA) is 37.3 Å². The summed E-state index contributed by atoms with van der Waals surface area (Å²) in [5.41, 5.74) is -0.554. The van der Waals surface area contributed by atoms with Crippen LogP contribution < -0.4 is 0 Å². The van der Waals surface area contributed by atoms with Crippen LogP contribution in [0.1, 0.15) is 10.4 Å². The fraction of sp³-hybridized carbons (Fsp3) is 0.